The monoisotopic (exact) mass is 380 g/mol. The molecule has 0 heterocycles. The normalized spacial score (nSPS) is 10.2. The summed E-state index contributed by atoms with van der Waals surface area (Å²) in [5.41, 5.74) is 2.52. The maximum absolute atomic E-state index is 13.7. The summed E-state index contributed by atoms with van der Waals surface area (Å²) in [7, 11) is 3.06. The van der Waals surface area contributed by atoms with Gasteiger partial charge in [-0.1, -0.05) is 18.2 Å². The molecule has 0 aromatic heterocycles. The van der Waals surface area contributed by atoms with Crippen LogP contribution in [0.15, 0.2) is 66.7 Å². The average Bonchev–Trinajstić information content (AvgIpc) is 2.73. The highest BCUT2D eigenvalue weighted by Gasteiger charge is 2.11. The first kappa shape index (κ1) is 19.2. The van der Waals surface area contributed by atoms with E-state index in [1.165, 1.54) is 13.2 Å². The van der Waals surface area contributed by atoms with E-state index in [0.29, 0.717) is 34.9 Å². The SMILES string of the molecule is COc1ccc(C(=O)Nc2ccc(NCc3ccccc3F)cc2)cc1OC. The minimum atomic E-state index is -0.256. The van der Waals surface area contributed by atoms with Crippen molar-refractivity contribution in [1.29, 1.82) is 0 Å². The van der Waals surface area contributed by atoms with E-state index in [1.54, 1.807) is 55.6 Å². The molecule has 0 atom stereocenters. The number of anilines is 2. The number of ether oxygens (including phenoxy) is 2. The molecule has 0 unspecified atom stereocenters. The predicted octanol–water partition coefficient (Wildman–Crippen LogP) is 4.71. The number of nitrogens with one attached hydrogen (secondary N) is 2. The van der Waals surface area contributed by atoms with Crippen LogP contribution in [0.1, 0.15) is 15.9 Å². The van der Waals surface area contributed by atoms with Crippen molar-refractivity contribution in [2.45, 2.75) is 6.54 Å². The van der Waals surface area contributed by atoms with Crippen LogP contribution < -0.4 is 20.1 Å². The molecule has 0 aliphatic carbocycles. The number of rotatable bonds is 7. The van der Waals surface area contributed by atoms with Gasteiger partial charge in [0, 0.05) is 29.0 Å². The van der Waals surface area contributed by atoms with E-state index in [1.807, 2.05) is 12.1 Å². The number of carbonyl (C=O) groups is 1. The third-order valence-electron chi connectivity index (χ3n) is 4.23. The van der Waals surface area contributed by atoms with Gasteiger partial charge in [-0.3, -0.25) is 4.79 Å². The number of methoxy groups -OCH3 is 2. The Kier molecular flexibility index (Phi) is 6.11. The molecule has 2 N–H and O–H groups in total. The van der Waals surface area contributed by atoms with Crippen LogP contribution in [0.2, 0.25) is 0 Å². The van der Waals surface area contributed by atoms with Gasteiger partial charge in [0.05, 0.1) is 14.2 Å². The van der Waals surface area contributed by atoms with Gasteiger partial charge in [-0.2, -0.15) is 0 Å². The summed E-state index contributed by atoms with van der Waals surface area (Å²) in [6, 6.07) is 18.8. The highest BCUT2D eigenvalue weighted by Crippen LogP contribution is 2.28. The highest BCUT2D eigenvalue weighted by molar-refractivity contribution is 6.04. The second kappa shape index (κ2) is 8.90. The quantitative estimate of drug-likeness (QED) is 0.623. The Morgan fingerprint density at radius 2 is 1.57 bits per heavy atom. The molecule has 1 amide bonds. The molecule has 0 saturated carbocycles. The van der Waals surface area contributed by atoms with Gasteiger partial charge in [0.2, 0.25) is 0 Å². The Hall–Kier alpha value is -3.54. The van der Waals surface area contributed by atoms with Crippen LogP contribution in [0.5, 0.6) is 11.5 Å². The zero-order valence-electron chi connectivity index (χ0n) is 15.7. The van der Waals surface area contributed by atoms with Crippen LogP contribution in [0.3, 0.4) is 0 Å². The standard InChI is InChI=1S/C22H21FN2O3/c1-27-20-12-7-15(13-21(20)28-2)22(26)25-18-10-8-17(9-11-18)24-14-16-5-3-4-6-19(16)23/h3-13,24H,14H2,1-2H3,(H,25,26). The summed E-state index contributed by atoms with van der Waals surface area (Å²) < 4.78 is 24.1. The molecule has 0 radical (unpaired) electrons. The zero-order chi connectivity index (χ0) is 19.9. The van der Waals surface area contributed by atoms with Gasteiger partial charge < -0.3 is 20.1 Å². The van der Waals surface area contributed by atoms with E-state index in [0.717, 1.165) is 5.69 Å². The number of carbonyl (C=O) groups excluding carboxylic acids is 1. The Morgan fingerprint density at radius 3 is 2.25 bits per heavy atom. The molecule has 0 saturated heterocycles. The topological polar surface area (TPSA) is 59.6 Å². The van der Waals surface area contributed by atoms with Crippen LogP contribution in [0.4, 0.5) is 15.8 Å². The third kappa shape index (κ3) is 4.59. The average molecular weight is 380 g/mol. The molecule has 0 fully saturated rings. The second-order valence-corrected chi connectivity index (χ2v) is 6.05. The van der Waals surface area contributed by atoms with Crippen molar-refractivity contribution in [3.8, 4) is 11.5 Å². The van der Waals surface area contributed by atoms with Crippen LogP contribution >= 0.6 is 0 Å². The fourth-order valence-electron chi connectivity index (χ4n) is 2.69. The van der Waals surface area contributed by atoms with Crippen LogP contribution in [-0.4, -0.2) is 20.1 Å². The van der Waals surface area contributed by atoms with Crippen molar-refractivity contribution in [1.82, 2.24) is 0 Å². The first-order valence-corrected chi connectivity index (χ1v) is 8.71. The van der Waals surface area contributed by atoms with Crippen LogP contribution in [0, 0.1) is 5.82 Å². The smallest absolute Gasteiger partial charge is 0.255 e. The summed E-state index contributed by atoms with van der Waals surface area (Å²) in [5, 5.41) is 5.99. The zero-order valence-corrected chi connectivity index (χ0v) is 15.7. The van der Waals surface area contributed by atoms with Gasteiger partial charge in [0.25, 0.3) is 5.91 Å². The number of hydrogen-bond donors (Lipinski definition) is 2. The lowest BCUT2D eigenvalue weighted by Crippen LogP contribution is -2.12. The number of benzene rings is 3. The maximum Gasteiger partial charge on any atom is 0.255 e. The van der Waals surface area contributed by atoms with Crippen molar-refractivity contribution in [2.75, 3.05) is 24.9 Å². The Bertz CT molecular complexity index is 958. The summed E-state index contributed by atoms with van der Waals surface area (Å²) >= 11 is 0. The third-order valence-corrected chi connectivity index (χ3v) is 4.23. The van der Waals surface area contributed by atoms with Crippen molar-refractivity contribution < 1.29 is 18.7 Å². The van der Waals surface area contributed by atoms with Gasteiger partial charge in [-0.05, 0) is 48.5 Å². The molecule has 3 aromatic rings. The molecule has 0 spiro atoms. The minimum Gasteiger partial charge on any atom is -0.493 e. The fraction of sp³-hybridized carbons (Fsp3) is 0.136. The molecule has 144 valence electrons. The lowest BCUT2D eigenvalue weighted by Gasteiger charge is -2.11. The minimum absolute atomic E-state index is 0.242. The van der Waals surface area contributed by atoms with E-state index >= 15 is 0 Å². The van der Waals surface area contributed by atoms with Crippen molar-refractivity contribution in [3.05, 3.63) is 83.7 Å². The van der Waals surface area contributed by atoms with E-state index in [-0.39, 0.29) is 11.7 Å². The van der Waals surface area contributed by atoms with Gasteiger partial charge in [-0.25, -0.2) is 4.39 Å². The van der Waals surface area contributed by atoms with Crippen LogP contribution in [0.25, 0.3) is 0 Å². The van der Waals surface area contributed by atoms with E-state index in [9.17, 15) is 9.18 Å². The molecule has 0 bridgehead atoms. The molecule has 28 heavy (non-hydrogen) atoms. The Labute approximate surface area is 163 Å². The largest absolute Gasteiger partial charge is 0.493 e. The Balaban J connectivity index is 1.62. The van der Waals surface area contributed by atoms with E-state index in [4.69, 9.17) is 9.47 Å². The first-order chi connectivity index (χ1) is 13.6. The summed E-state index contributed by atoms with van der Waals surface area (Å²) in [6.07, 6.45) is 0. The number of hydrogen-bond acceptors (Lipinski definition) is 4. The van der Waals surface area contributed by atoms with Crippen molar-refractivity contribution >= 4 is 17.3 Å². The molecular weight excluding hydrogens is 359 g/mol. The van der Waals surface area contributed by atoms with Crippen LogP contribution in [-0.2, 0) is 6.54 Å². The van der Waals surface area contributed by atoms with Crippen molar-refractivity contribution in [3.63, 3.8) is 0 Å². The summed E-state index contributed by atoms with van der Waals surface area (Å²) in [4.78, 5) is 12.5. The molecule has 0 aliphatic heterocycles. The molecular formula is C22H21FN2O3. The summed E-state index contributed by atoms with van der Waals surface area (Å²) in [5.74, 6) is 0.550. The van der Waals surface area contributed by atoms with Crippen molar-refractivity contribution in [2.24, 2.45) is 0 Å². The van der Waals surface area contributed by atoms with Gasteiger partial charge in [0.1, 0.15) is 5.82 Å². The maximum atomic E-state index is 13.7. The van der Waals surface area contributed by atoms with E-state index < -0.39 is 0 Å². The van der Waals surface area contributed by atoms with Gasteiger partial charge >= 0.3 is 0 Å². The molecule has 5 nitrogen and oxygen atoms in total. The predicted molar refractivity (Wildman–Crippen MR) is 108 cm³/mol. The first-order valence-electron chi connectivity index (χ1n) is 8.71. The van der Waals surface area contributed by atoms with Gasteiger partial charge in [0.15, 0.2) is 11.5 Å². The van der Waals surface area contributed by atoms with Gasteiger partial charge in [-0.15, -0.1) is 0 Å². The fourth-order valence-corrected chi connectivity index (χ4v) is 2.69. The molecule has 0 aliphatic rings. The summed E-state index contributed by atoms with van der Waals surface area (Å²) in [6.45, 7) is 0.379. The number of halogens is 1. The Morgan fingerprint density at radius 1 is 0.893 bits per heavy atom. The number of amides is 1. The second-order valence-electron chi connectivity index (χ2n) is 6.05. The highest BCUT2D eigenvalue weighted by atomic mass is 19.1. The lowest BCUT2D eigenvalue weighted by atomic mass is 10.1. The van der Waals surface area contributed by atoms with E-state index in [2.05, 4.69) is 10.6 Å². The molecule has 3 aromatic carbocycles. The molecule has 3 rings (SSSR count). The molecule has 6 heteroatoms. The lowest BCUT2D eigenvalue weighted by molar-refractivity contribution is 0.102.